The fourth-order valence-electron chi connectivity index (χ4n) is 1.75. The number of hydrogen-bond donors (Lipinski definition) is 1. The average molecular weight is 321 g/mol. The Bertz CT molecular complexity index is 676. The van der Waals surface area contributed by atoms with Gasteiger partial charge in [-0.3, -0.25) is 14.9 Å². The highest BCUT2D eigenvalue weighted by atomic mass is 35.5. The van der Waals surface area contributed by atoms with Crippen molar-refractivity contribution in [2.75, 3.05) is 11.9 Å². The van der Waals surface area contributed by atoms with Gasteiger partial charge in [0.1, 0.15) is 11.4 Å². The van der Waals surface area contributed by atoms with Crippen molar-refractivity contribution in [3.05, 3.63) is 63.7 Å². The molecule has 6 nitrogen and oxygen atoms in total. The van der Waals surface area contributed by atoms with Crippen LogP contribution in [0.1, 0.15) is 6.42 Å². The molecule has 1 N–H and O–H groups in total. The maximum absolute atomic E-state index is 11.8. The van der Waals surface area contributed by atoms with Gasteiger partial charge in [-0.15, -0.1) is 0 Å². The first-order valence-corrected chi connectivity index (χ1v) is 6.85. The van der Waals surface area contributed by atoms with E-state index in [9.17, 15) is 14.9 Å². The molecule has 0 aliphatic rings. The molecule has 0 atom stereocenters. The van der Waals surface area contributed by atoms with Gasteiger partial charge >= 0.3 is 0 Å². The molecule has 2 aromatic rings. The van der Waals surface area contributed by atoms with Gasteiger partial charge in [-0.2, -0.15) is 0 Å². The minimum atomic E-state index is -0.595. The predicted molar refractivity (Wildman–Crippen MR) is 83.3 cm³/mol. The van der Waals surface area contributed by atoms with Crippen LogP contribution >= 0.6 is 11.6 Å². The molecule has 0 aromatic heterocycles. The number of nitro benzene ring substituents is 1. The van der Waals surface area contributed by atoms with Crippen LogP contribution in [0.3, 0.4) is 0 Å². The number of ether oxygens (including phenoxy) is 1. The van der Waals surface area contributed by atoms with E-state index in [2.05, 4.69) is 5.32 Å². The van der Waals surface area contributed by atoms with Gasteiger partial charge < -0.3 is 10.1 Å². The molecule has 0 spiro atoms. The third-order valence-electron chi connectivity index (χ3n) is 2.77. The van der Waals surface area contributed by atoms with Crippen molar-refractivity contribution in [2.24, 2.45) is 0 Å². The second kappa shape index (κ2) is 7.42. The van der Waals surface area contributed by atoms with Crippen LogP contribution in [0.2, 0.25) is 5.02 Å². The molecule has 0 saturated carbocycles. The van der Waals surface area contributed by atoms with Gasteiger partial charge in [-0.05, 0) is 24.3 Å². The lowest BCUT2D eigenvalue weighted by atomic mass is 10.2. The Morgan fingerprint density at radius 3 is 2.64 bits per heavy atom. The number of para-hydroxylation sites is 1. The lowest BCUT2D eigenvalue weighted by Crippen LogP contribution is -2.16. The second-order valence-electron chi connectivity index (χ2n) is 4.38. The van der Waals surface area contributed by atoms with Crippen LogP contribution in [0.15, 0.2) is 48.5 Å². The number of benzene rings is 2. The number of amides is 1. The number of anilines is 1. The number of carbonyl (C=O) groups excluding carboxylic acids is 1. The molecular weight excluding hydrogens is 308 g/mol. The largest absolute Gasteiger partial charge is 0.493 e. The summed E-state index contributed by atoms with van der Waals surface area (Å²) in [4.78, 5) is 22.1. The van der Waals surface area contributed by atoms with E-state index in [1.807, 2.05) is 18.2 Å². The zero-order chi connectivity index (χ0) is 15.9. The Kier molecular flexibility index (Phi) is 5.32. The number of nitro groups is 1. The first kappa shape index (κ1) is 15.8. The quantitative estimate of drug-likeness (QED) is 0.650. The average Bonchev–Trinajstić information content (AvgIpc) is 2.50. The van der Waals surface area contributed by atoms with Crippen LogP contribution in [-0.2, 0) is 4.79 Å². The van der Waals surface area contributed by atoms with Gasteiger partial charge in [0.25, 0.3) is 5.69 Å². The summed E-state index contributed by atoms with van der Waals surface area (Å²) in [6, 6.07) is 13.1. The highest BCUT2D eigenvalue weighted by molar-refractivity contribution is 6.31. The van der Waals surface area contributed by atoms with Gasteiger partial charge in [0.15, 0.2) is 0 Å². The summed E-state index contributed by atoms with van der Waals surface area (Å²) in [6.45, 7) is 0.178. The molecule has 114 valence electrons. The third-order valence-corrected chi connectivity index (χ3v) is 3.01. The molecule has 2 rings (SSSR count). The lowest BCUT2D eigenvalue weighted by molar-refractivity contribution is -0.383. The molecule has 22 heavy (non-hydrogen) atoms. The first-order chi connectivity index (χ1) is 10.6. The number of hydrogen-bond acceptors (Lipinski definition) is 4. The molecule has 0 bridgehead atoms. The summed E-state index contributed by atoms with van der Waals surface area (Å²) in [7, 11) is 0. The van der Waals surface area contributed by atoms with E-state index in [1.54, 1.807) is 12.1 Å². The summed E-state index contributed by atoms with van der Waals surface area (Å²) in [5.41, 5.74) is -0.135. The first-order valence-electron chi connectivity index (χ1n) is 6.48. The number of carbonyl (C=O) groups is 1. The maximum atomic E-state index is 11.8. The topological polar surface area (TPSA) is 81.5 Å². The molecule has 0 aliphatic heterocycles. The van der Waals surface area contributed by atoms with E-state index in [4.69, 9.17) is 16.3 Å². The van der Waals surface area contributed by atoms with E-state index in [0.717, 1.165) is 0 Å². The van der Waals surface area contributed by atoms with Crippen molar-refractivity contribution >= 4 is 28.9 Å². The molecule has 2 aromatic carbocycles. The Morgan fingerprint density at radius 2 is 1.95 bits per heavy atom. The highest BCUT2D eigenvalue weighted by Gasteiger charge is 2.16. The van der Waals surface area contributed by atoms with Gasteiger partial charge in [0.05, 0.1) is 18.0 Å². The van der Waals surface area contributed by atoms with E-state index in [-0.39, 0.29) is 35.3 Å². The maximum Gasteiger partial charge on any atom is 0.294 e. The van der Waals surface area contributed by atoms with Crippen molar-refractivity contribution in [1.82, 2.24) is 0 Å². The SMILES string of the molecule is O=C(CCOc1ccccc1)Nc1ccc(Cl)cc1[N+](=O)[O-]. The van der Waals surface area contributed by atoms with Gasteiger partial charge in [0.2, 0.25) is 5.91 Å². The Labute approximate surface area is 131 Å². The van der Waals surface area contributed by atoms with Crippen molar-refractivity contribution in [3.63, 3.8) is 0 Å². The van der Waals surface area contributed by atoms with E-state index >= 15 is 0 Å². The van der Waals surface area contributed by atoms with Crippen LogP contribution in [0.4, 0.5) is 11.4 Å². The van der Waals surface area contributed by atoms with Crippen LogP contribution in [0.25, 0.3) is 0 Å². The summed E-state index contributed by atoms with van der Waals surface area (Å²) in [5.74, 6) is 0.286. The Morgan fingerprint density at radius 1 is 1.23 bits per heavy atom. The van der Waals surface area contributed by atoms with E-state index < -0.39 is 4.92 Å². The summed E-state index contributed by atoms with van der Waals surface area (Å²) in [6.07, 6.45) is 0.0781. The van der Waals surface area contributed by atoms with Crippen molar-refractivity contribution in [2.45, 2.75) is 6.42 Å². The molecule has 0 heterocycles. The zero-order valence-electron chi connectivity index (χ0n) is 11.5. The minimum Gasteiger partial charge on any atom is -0.493 e. The molecule has 0 saturated heterocycles. The number of rotatable bonds is 6. The Balaban J connectivity index is 1.91. The normalized spacial score (nSPS) is 10.0. The number of halogens is 1. The van der Waals surface area contributed by atoms with Crippen LogP contribution < -0.4 is 10.1 Å². The van der Waals surface area contributed by atoms with Gasteiger partial charge in [-0.25, -0.2) is 0 Å². The standard InChI is InChI=1S/C15H13ClN2O4/c16-11-6-7-13(14(10-11)18(20)21)17-15(19)8-9-22-12-4-2-1-3-5-12/h1-7,10H,8-9H2,(H,17,19). The van der Waals surface area contributed by atoms with Crippen LogP contribution in [0.5, 0.6) is 5.75 Å². The fourth-order valence-corrected chi connectivity index (χ4v) is 1.92. The fraction of sp³-hybridized carbons (Fsp3) is 0.133. The molecule has 1 amide bonds. The van der Waals surface area contributed by atoms with Crippen molar-refractivity contribution in [3.8, 4) is 5.75 Å². The summed E-state index contributed by atoms with van der Waals surface area (Å²) >= 11 is 5.71. The van der Waals surface area contributed by atoms with Crippen molar-refractivity contribution in [1.29, 1.82) is 0 Å². The smallest absolute Gasteiger partial charge is 0.294 e. The Hall–Kier alpha value is -2.60. The van der Waals surface area contributed by atoms with Crippen LogP contribution in [-0.4, -0.2) is 17.4 Å². The minimum absolute atomic E-state index is 0.0781. The van der Waals surface area contributed by atoms with E-state index in [0.29, 0.717) is 5.75 Å². The van der Waals surface area contributed by atoms with Crippen molar-refractivity contribution < 1.29 is 14.5 Å². The molecule has 0 radical (unpaired) electrons. The van der Waals surface area contributed by atoms with E-state index in [1.165, 1.54) is 18.2 Å². The molecule has 0 aliphatic carbocycles. The van der Waals surface area contributed by atoms with Gasteiger partial charge in [-0.1, -0.05) is 29.8 Å². The molecular formula is C15H13ClN2O4. The third kappa shape index (κ3) is 4.46. The number of nitrogens with zero attached hydrogens (tertiary/aromatic N) is 1. The second-order valence-corrected chi connectivity index (χ2v) is 4.81. The van der Waals surface area contributed by atoms with Crippen LogP contribution in [0, 0.1) is 10.1 Å². The molecule has 7 heteroatoms. The number of nitrogens with one attached hydrogen (secondary N) is 1. The summed E-state index contributed by atoms with van der Waals surface area (Å²) in [5, 5.41) is 13.6. The molecule has 0 unspecified atom stereocenters. The summed E-state index contributed by atoms with van der Waals surface area (Å²) < 4.78 is 5.40. The zero-order valence-corrected chi connectivity index (χ0v) is 12.2. The highest BCUT2D eigenvalue weighted by Crippen LogP contribution is 2.27. The lowest BCUT2D eigenvalue weighted by Gasteiger charge is -2.08. The predicted octanol–water partition coefficient (Wildman–Crippen LogP) is 3.66. The van der Waals surface area contributed by atoms with Gasteiger partial charge in [0, 0.05) is 11.1 Å². The molecule has 0 fully saturated rings. The monoisotopic (exact) mass is 320 g/mol.